The second-order valence-electron chi connectivity index (χ2n) is 13.0. The Morgan fingerprint density at radius 2 is 1.00 bits per heavy atom. The zero-order valence-corrected chi connectivity index (χ0v) is 31.7. The average Bonchev–Trinajstić information content (AvgIpc) is 3.13. The molecule has 0 amide bonds. The number of rotatable bonds is 17. The maximum Gasteiger partial charge on any atom is 0.354 e. The molecule has 0 aliphatic rings. The Morgan fingerprint density at radius 1 is 0.592 bits per heavy atom. The number of nitrogens with zero attached hydrogens (tertiary/aromatic N) is 1. The third-order valence-corrected chi connectivity index (χ3v) is 14.3. The van der Waals surface area contributed by atoms with Gasteiger partial charge in [0.2, 0.25) is 0 Å². The van der Waals surface area contributed by atoms with Crippen LogP contribution in [-0.4, -0.2) is 37.3 Å². The van der Waals surface area contributed by atoms with Crippen molar-refractivity contribution in [1.29, 1.82) is 0 Å². The van der Waals surface area contributed by atoms with Crippen molar-refractivity contribution in [2.75, 3.05) is 6.61 Å². The molecule has 0 fully saturated rings. The summed E-state index contributed by atoms with van der Waals surface area (Å²) in [5.74, 6) is 0. The van der Waals surface area contributed by atoms with E-state index >= 15 is 0 Å². The van der Waals surface area contributed by atoms with Crippen molar-refractivity contribution in [2.45, 2.75) is 61.8 Å². The van der Waals surface area contributed by atoms with Crippen LogP contribution in [0, 0.1) is 0 Å². The molecule has 0 radical (unpaired) electrons. The Labute approximate surface area is 306 Å². The maximum atomic E-state index is 6.92. The smallest absolute Gasteiger partial charge is 0.354 e. The number of benzene rings is 5. The van der Waals surface area contributed by atoms with Crippen molar-refractivity contribution in [3.8, 4) is 0 Å². The fraction of sp³-hybridized carbons (Fsp3) is 0.262. The summed E-state index contributed by atoms with van der Waals surface area (Å²) >= 11 is 2.43. The predicted octanol–water partition coefficient (Wildman–Crippen LogP) is 8.74. The molecule has 0 heterocycles. The van der Waals surface area contributed by atoms with E-state index in [2.05, 4.69) is 128 Å². The highest BCUT2D eigenvalue weighted by atomic mass is 127. The van der Waals surface area contributed by atoms with E-state index in [1.807, 2.05) is 66.7 Å². The topological polar surface area (TPSA) is 49.3 Å². The van der Waals surface area contributed by atoms with Gasteiger partial charge in [0.1, 0.15) is 12.2 Å². The molecule has 254 valence electrons. The largest absolute Gasteiger partial charge is 0.443 e. The number of hydrogen-bond acceptors (Lipinski definition) is 5. The number of alkyl halides is 1. The molecule has 5 nitrogen and oxygen atoms in total. The van der Waals surface area contributed by atoms with E-state index in [4.69, 9.17) is 23.9 Å². The lowest BCUT2D eigenvalue weighted by molar-refractivity contribution is -0.0621. The maximum absolute atomic E-state index is 6.92. The van der Waals surface area contributed by atoms with Gasteiger partial charge >= 0.3 is 8.32 Å². The van der Waals surface area contributed by atoms with Gasteiger partial charge in [-0.2, -0.15) is 0 Å². The van der Waals surface area contributed by atoms with Gasteiger partial charge in [0.15, 0.2) is 0 Å². The normalized spacial score (nSPS) is 14.0. The first-order chi connectivity index (χ1) is 23.9. The Bertz CT molecular complexity index is 1630. The third-order valence-electron chi connectivity index (χ3n) is 8.45. The summed E-state index contributed by atoms with van der Waals surface area (Å²) in [6, 6.07) is 51.7. The first kappa shape index (κ1) is 36.7. The molecule has 5 rings (SSSR count). The van der Waals surface area contributed by atoms with Crippen LogP contribution in [0.3, 0.4) is 0 Å². The minimum atomic E-state index is -2.92. The minimum absolute atomic E-state index is 0.0508. The zero-order valence-electron chi connectivity index (χ0n) is 28.5. The number of halogens is 1. The van der Waals surface area contributed by atoms with Crippen LogP contribution in [0.25, 0.3) is 0 Å². The molecule has 0 unspecified atom stereocenters. The highest BCUT2D eigenvalue weighted by Crippen LogP contribution is 2.37. The van der Waals surface area contributed by atoms with Crippen LogP contribution in [0.15, 0.2) is 157 Å². The van der Waals surface area contributed by atoms with Gasteiger partial charge in [-0.05, 0) is 27.1 Å². The molecule has 0 saturated carbocycles. The summed E-state index contributed by atoms with van der Waals surface area (Å²) in [7, 11) is -2.92. The first-order valence-electron chi connectivity index (χ1n) is 16.8. The van der Waals surface area contributed by atoms with Gasteiger partial charge in [0, 0.05) is 5.04 Å². The summed E-state index contributed by atoms with van der Waals surface area (Å²) in [4.78, 5) is 0. The molecule has 0 saturated heterocycles. The van der Waals surface area contributed by atoms with Crippen LogP contribution < -0.4 is 10.4 Å². The SMILES string of the molecule is CC(C)(C)[Si](ON=C[C@H](OCc1ccccc1)[C@H](OCc1ccccc1)[C@@H](I)COCc1ccccc1)(c1ccccc1)c1ccccc1. The van der Waals surface area contributed by atoms with Crippen molar-refractivity contribution in [3.63, 3.8) is 0 Å². The fourth-order valence-corrected chi connectivity index (χ4v) is 10.9. The molecule has 49 heavy (non-hydrogen) atoms. The van der Waals surface area contributed by atoms with Crippen molar-refractivity contribution in [3.05, 3.63) is 168 Å². The standard InChI is InChI=1S/C42H46INO4Si/c1-42(2,3)49(37-25-15-7-16-26-37,38-27-17-8-18-28-38)48-44-29-40(46-31-35-21-11-5-12-22-35)41(47-32-36-23-13-6-14-24-36)39(43)33-45-30-34-19-9-4-10-20-34/h4-29,39-41H,30-33H2,1-3H3/t39-,40-,41+/m0/s1. The van der Waals surface area contributed by atoms with Gasteiger partial charge in [0.05, 0.1) is 36.6 Å². The zero-order chi connectivity index (χ0) is 34.4. The van der Waals surface area contributed by atoms with Crippen LogP contribution in [0.5, 0.6) is 0 Å². The molecule has 0 aliphatic heterocycles. The van der Waals surface area contributed by atoms with Crippen molar-refractivity contribution >= 4 is 47.5 Å². The number of oxime groups is 1. The minimum Gasteiger partial charge on any atom is -0.443 e. The summed E-state index contributed by atoms with van der Waals surface area (Å²) < 4.78 is 26.5. The van der Waals surface area contributed by atoms with Gasteiger partial charge in [0.25, 0.3) is 0 Å². The van der Waals surface area contributed by atoms with Gasteiger partial charge in [-0.15, -0.1) is 5.16 Å². The monoisotopic (exact) mass is 783 g/mol. The lowest BCUT2D eigenvalue weighted by atomic mass is 10.1. The second kappa shape index (κ2) is 18.4. The van der Waals surface area contributed by atoms with E-state index in [0.717, 1.165) is 27.1 Å². The molecule has 0 N–H and O–H groups in total. The Hall–Kier alpha value is -3.60. The van der Waals surface area contributed by atoms with Gasteiger partial charge < -0.3 is 18.7 Å². The summed E-state index contributed by atoms with van der Waals surface area (Å²) in [6.07, 6.45) is 0.900. The molecule has 3 atom stereocenters. The molecule has 0 bridgehead atoms. The highest BCUT2D eigenvalue weighted by molar-refractivity contribution is 14.1. The molecular weight excluding hydrogens is 737 g/mol. The van der Waals surface area contributed by atoms with Gasteiger partial charge in [-0.1, -0.05) is 195 Å². The van der Waals surface area contributed by atoms with Crippen molar-refractivity contribution < 1.29 is 18.7 Å². The molecule has 5 aromatic carbocycles. The molecule has 0 aromatic heterocycles. The summed E-state index contributed by atoms with van der Waals surface area (Å²) in [6.45, 7) is 8.56. The number of hydrogen-bond donors (Lipinski definition) is 0. The Balaban J connectivity index is 1.47. The van der Waals surface area contributed by atoms with Crippen LogP contribution >= 0.6 is 22.6 Å². The second-order valence-corrected chi connectivity index (χ2v) is 18.8. The fourth-order valence-electron chi connectivity index (χ4n) is 5.91. The Morgan fingerprint density at radius 3 is 1.45 bits per heavy atom. The van der Waals surface area contributed by atoms with Crippen molar-refractivity contribution in [1.82, 2.24) is 0 Å². The van der Waals surface area contributed by atoms with Crippen LogP contribution in [0.2, 0.25) is 5.04 Å². The molecule has 0 spiro atoms. The lowest BCUT2D eigenvalue weighted by Crippen LogP contribution is -2.65. The number of ether oxygens (including phenoxy) is 3. The highest BCUT2D eigenvalue weighted by Gasteiger charge is 2.53. The third kappa shape index (κ3) is 10.2. The van der Waals surface area contributed by atoms with E-state index in [-0.39, 0.29) is 15.1 Å². The summed E-state index contributed by atoms with van der Waals surface area (Å²) in [5.41, 5.74) is 3.29. The van der Waals surface area contributed by atoms with Crippen LogP contribution in [-0.2, 0) is 38.6 Å². The van der Waals surface area contributed by atoms with Crippen LogP contribution in [0.1, 0.15) is 37.5 Å². The van der Waals surface area contributed by atoms with Gasteiger partial charge in [-0.3, -0.25) is 0 Å². The first-order valence-corrected chi connectivity index (χ1v) is 19.9. The lowest BCUT2D eigenvalue weighted by Gasteiger charge is -2.40. The molecule has 7 heteroatoms. The summed E-state index contributed by atoms with van der Waals surface area (Å²) in [5, 5.41) is 6.94. The predicted molar refractivity (Wildman–Crippen MR) is 211 cm³/mol. The van der Waals surface area contributed by atoms with Gasteiger partial charge in [-0.25, -0.2) is 0 Å². The Kier molecular flexibility index (Phi) is 13.8. The quantitative estimate of drug-likeness (QED) is 0.0312. The van der Waals surface area contributed by atoms with Crippen LogP contribution in [0.4, 0.5) is 0 Å². The molecule has 5 aromatic rings. The van der Waals surface area contributed by atoms with E-state index < -0.39 is 14.4 Å². The molecule has 0 aliphatic carbocycles. The molecular formula is C42H46INO4Si. The van der Waals surface area contributed by atoms with E-state index in [1.165, 1.54) is 0 Å². The average molecular weight is 784 g/mol. The van der Waals surface area contributed by atoms with E-state index in [0.29, 0.717) is 26.4 Å². The van der Waals surface area contributed by atoms with E-state index in [9.17, 15) is 0 Å². The van der Waals surface area contributed by atoms with E-state index in [1.54, 1.807) is 6.21 Å². The van der Waals surface area contributed by atoms with Crippen molar-refractivity contribution in [2.24, 2.45) is 5.16 Å².